The van der Waals surface area contributed by atoms with Crippen LogP contribution >= 0.6 is 11.3 Å². The second-order valence-corrected chi connectivity index (χ2v) is 5.33. The fraction of sp³-hybridized carbons (Fsp3) is 0.643. The molecule has 2 N–H and O–H groups in total. The predicted molar refractivity (Wildman–Crippen MR) is 83.5 cm³/mol. The summed E-state index contributed by atoms with van der Waals surface area (Å²) < 4.78 is 4.87. The number of nitrogens with one attached hydrogen (secondary N) is 2. The van der Waals surface area contributed by atoms with Gasteiger partial charge in [0.25, 0.3) is 0 Å². The molecule has 0 spiro atoms. The van der Waals surface area contributed by atoms with Crippen LogP contribution in [0.15, 0.2) is 5.38 Å². The third-order valence-electron chi connectivity index (χ3n) is 2.64. The van der Waals surface area contributed by atoms with E-state index in [1.54, 1.807) is 6.92 Å². The highest BCUT2D eigenvalue weighted by Gasteiger charge is 2.07. The van der Waals surface area contributed by atoms with Crippen molar-refractivity contribution in [2.45, 2.75) is 39.5 Å². The summed E-state index contributed by atoms with van der Waals surface area (Å²) >= 11 is 1.48. The Morgan fingerprint density at radius 2 is 2.10 bits per heavy atom. The molecule has 1 aromatic rings. The highest BCUT2D eigenvalue weighted by Crippen LogP contribution is 2.16. The molecule has 1 amide bonds. The van der Waals surface area contributed by atoms with E-state index in [1.165, 1.54) is 11.3 Å². The molecular weight excluding hydrogens is 290 g/mol. The van der Waals surface area contributed by atoms with Crippen LogP contribution in [0.2, 0.25) is 0 Å². The van der Waals surface area contributed by atoms with E-state index in [4.69, 9.17) is 4.74 Å². The zero-order chi connectivity index (χ0) is 15.5. The van der Waals surface area contributed by atoms with Gasteiger partial charge in [0.15, 0.2) is 5.13 Å². The number of thiazole rings is 1. The fourth-order valence-electron chi connectivity index (χ4n) is 1.60. The maximum absolute atomic E-state index is 11.4. The number of aromatic nitrogens is 1. The number of hydrogen-bond donors (Lipinski definition) is 2. The Kier molecular flexibility index (Phi) is 8.42. The van der Waals surface area contributed by atoms with Gasteiger partial charge in [0, 0.05) is 31.3 Å². The van der Waals surface area contributed by atoms with E-state index in [2.05, 4.69) is 15.6 Å². The first-order valence-electron chi connectivity index (χ1n) is 7.26. The van der Waals surface area contributed by atoms with Crippen molar-refractivity contribution in [1.29, 1.82) is 0 Å². The maximum Gasteiger partial charge on any atom is 0.306 e. The summed E-state index contributed by atoms with van der Waals surface area (Å²) in [5.41, 5.74) is 0.867. The van der Waals surface area contributed by atoms with Crippen molar-refractivity contribution in [2.24, 2.45) is 0 Å². The molecule has 0 bridgehead atoms. The monoisotopic (exact) mass is 313 g/mol. The molecule has 0 aliphatic heterocycles. The molecule has 0 saturated carbocycles. The number of hydrogen-bond acceptors (Lipinski definition) is 6. The van der Waals surface area contributed by atoms with Crippen LogP contribution in [0, 0.1) is 0 Å². The van der Waals surface area contributed by atoms with Crippen LogP contribution in [0.3, 0.4) is 0 Å². The second-order valence-electron chi connectivity index (χ2n) is 4.48. The predicted octanol–water partition coefficient (Wildman–Crippen LogP) is 1.97. The lowest BCUT2D eigenvalue weighted by Crippen LogP contribution is -2.25. The molecule has 0 unspecified atom stereocenters. The number of anilines is 1. The molecule has 0 atom stereocenters. The van der Waals surface area contributed by atoms with E-state index in [1.807, 2.05) is 12.3 Å². The average Bonchev–Trinajstić information content (AvgIpc) is 2.91. The molecule has 1 rings (SSSR count). The Morgan fingerprint density at radius 1 is 1.29 bits per heavy atom. The van der Waals surface area contributed by atoms with Crippen molar-refractivity contribution in [2.75, 3.05) is 25.0 Å². The van der Waals surface area contributed by atoms with Crippen LogP contribution in [0.5, 0.6) is 0 Å². The van der Waals surface area contributed by atoms with Crippen LogP contribution in [-0.2, 0) is 20.7 Å². The summed E-state index contributed by atoms with van der Waals surface area (Å²) in [4.78, 5) is 27.0. The first-order valence-corrected chi connectivity index (χ1v) is 8.14. The Bertz CT molecular complexity index is 448. The van der Waals surface area contributed by atoms with Gasteiger partial charge in [0.05, 0.1) is 18.7 Å². The van der Waals surface area contributed by atoms with Gasteiger partial charge in [0.2, 0.25) is 5.91 Å². The van der Waals surface area contributed by atoms with Crippen molar-refractivity contribution in [3.8, 4) is 0 Å². The molecule has 0 fully saturated rings. The Labute approximate surface area is 129 Å². The van der Waals surface area contributed by atoms with Crippen molar-refractivity contribution < 1.29 is 14.3 Å². The molecule has 0 radical (unpaired) electrons. The number of nitrogens with zero attached hydrogens (tertiary/aromatic N) is 1. The molecule has 0 aliphatic rings. The number of amides is 1. The third kappa shape index (κ3) is 7.65. The van der Waals surface area contributed by atoms with E-state index in [9.17, 15) is 9.59 Å². The smallest absolute Gasteiger partial charge is 0.306 e. The molecule has 118 valence electrons. The van der Waals surface area contributed by atoms with Crippen LogP contribution < -0.4 is 10.6 Å². The van der Waals surface area contributed by atoms with Crippen molar-refractivity contribution in [1.82, 2.24) is 10.3 Å². The highest BCUT2D eigenvalue weighted by atomic mass is 32.1. The van der Waals surface area contributed by atoms with E-state index in [-0.39, 0.29) is 11.9 Å². The van der Waals surface area contributed by atoms with Crippen molar-refractivity contribution in [3.63, 3.8) is 0 Å². The first-order chi connectivity index (χ1) is 10.2. The molecule has 0 aliphatic carbocycles. The summed E-state index contributed by atoms with van der Waals surface area (Å²) in [7, 11) is 0. The average molecular weight is 313 g/mol. The highest BCUT2D eigenvalue weighted by molar-refractivity contribution is 7.13. The first kappa shape index (κ1) is 17.4. The molecule has 1 aromatic heterocycles. The molecule has 21 heavy (non-hydrogen) atoms. The van der Waals surface area contributed by atoms with Crippen LogP contribution in [0.1, 0.15) is 38.8 Å². The zero-order valence-corrected chi connectivity index (χ0v) is 13.4. The second kappa shape index (κ2) is 10.1. The number of rotatable bonds is 10. The van der Waals surface area contributed by atoms with Crippen molar-refractivity contribution in [3.05, 3.63) is 11.1 Å². The van der Waals surface area contributed by atoms with E-state index in [0.29, 0.717) is 39.0 Å². The van der Waals surface area contributed by atoms with Gasteiger partial charge in [-0.1, -0.05) is 6.92 Å². The summed E-state index contributed by atoms with van der Waals surface area (Å²) in [5, 5.41) is 8.63. The number of aryl methyl sites for hydroxylation is 1. The normalized spacial score (nSPS) is 10.2. The van der Waals surface area contributed by atoms with Crippen LogP contribution in [-0.4, -0.2) is 36.6 Å². The molecule has 1 heterocycles. The number of ether oxygens (including phenoxy) is 1. The van der Waals surface area contributed by atoms with Gasteiger partial charge < -0.3 is 15.4 Å². The third-order valence-corrected chi connectivity index (χ3v) is 3.49. The lowest BCUT2D eigenvalue weighted by atomic mass is 10.2. The summed E-state index contributed by atoms with van der Waals surface area (Å²) in [6.45, 7) is 5.49. The molecule has 6 nitrogen and oxygen atoms in total. The Hall–Kier alpha value is -1.63. The van der Waals surface area contributed by atoms with E-state index >= 15 is 0 Å². The topological polar surface area (TPSA) is 80.3 Å². The minimum absolute atomic E-state index is 0.0449. The molecular formula is C14H23N3O3S. The lowest BCUT2D eigenvalue weighted by molar-refractivity contribution is -0.143. The van der Waals surface area contributed by atoms with Gasteiger partial charge in [-0.2, -0.15) is 0 Å². The minimum atomic E-state index is -0.201. The van der Waals surface area contributed by atoms with Crippen LogP contribution in [0.4, 0.5) is 5.13 Å². The van der Waals surface area contributed by atoms with Crippen LogP contribution in [0.25, 0.3) is 0 Å². The standard InChI is InChI=1S/C14H23N3O3S/c1-3-8-15-12(18)7-9-16-14-17-11(10-21-14)5-6-13(19)20-4-2/h10H,3-9H2,1-2H3,(H,15,18)(H,16,17). The fourth-order valence-corrected chi connectivity index (χ4v) is 2.38. The zero-order valence-electron chi connectivity index (χ0n) is 12.6. The van der Waals surface area contributed by atoms with Gasteiger partial charge in [0.1, 0.15) is 0 Å². The molecule has 0 aromatic carbocycles. The summed E-state index contributed by atoms with van der Waals surface area (Å²) in [6, 6.07) is 0. The number of esters is 1. The van der Waals surface area contributed by atoms with Crippen molar-refractivity contribution >= 4 is 28.3 Å². The largest absolute Gasteiger partial charge is 0.466 e. The van der Waals surface area contributed by atoms with E-state index in [0.717, 1.165) is 17.2 Å². The maximum atomic E-state index is 11.4. The van der Waals surface area contributed by atoms with Gasteiger partial charge in [-0.05, 0) is 13.3 Å². The van der Waals surface area contributed by atoms with E-state index < -0.39 is 0 Å². The Morgan fingerprint density at radius 3 is 2.81 bits per heavy atom. The van der Waals surface area contributed by atoms with Gasteiger partial charge in [-0.3, -0.25) is 9.59 Å². The minimum Gasteiger partial charge on any atom is -0.466 e. The Balaban J connectivity index is 2.22. The number of carbonyl (C=O) groups is 2. The molecule has 0 saturated heterocycles. The quantitative estimate of drug-likeness (QED) is 0.646. The molecule has 7 heteroatoms. The number of carbonyl (C=O) groups excluding carboxylic acids is 2. The van der Waals surface area contributed by atoms with Gasteiger partial charge in [-0.15, -0.1) is 11.3 Å². The van der Waals surface area contributed by atoms with Gasteiger partial charge >= 0.3 is 5.97 Å². The lowest BCUT2D eigenvalue weighted by Gasteiger charge is -2.04. The summed E-state index contributed by atoms with van der Waals surface area (Å²) in [5.74, 6) is -0.156. The summed E-state index contributed by atoms with van der Waals surface area (Å²) in [6.07, 6.45) is 2.29. The SMILES string of the molecule is CCCNC(=O)CCNc1nc(CCC(=O)OCC)cs1. The van der Waals surface area contributed by atoms with Gasteiger partial charge in [-0.25, -0.2) is 4.98 Å².